The average Bonchev–Trinajstić information content (AvgIpc) is 2.97. The van der Waals surface area contributed by atoms with Gasteiger partial charge >= 0.3 is 0 Å². The van der Waals surface area contributed by atoms with Crippen LogP contribution >= 0.6 is 38.6 Å². The van der Waals surface area contributed by atoms with Gasteiger partial charge in [-0.1, -0.05) is 13.8 Å². The van der Waals surface area contributed by atoms with Crippen molar-refractivity contribution < 1.29 is 0 Å². The molecule has 1 N–H and O–H groups in total. The van der Waals surface area contributed by atoms with Gasteiger partial charge in [0.1, 0.15) is 0 Å². The molecule has 104 valence electrons. The maximum atomic E-state index is 3.72. The summed E-state index contributed by atoms with van der Waals surface area (Å²) in [4.78, 5) is 4.24. The van der Waals surface area contributed by atoms with Gasteiger partial charge < -0.3 is 5.32 Å². The molecule has 0 bridgehead atoms. The molecule has 19 heavy (non-hydrogen) atoms. The monoisotopic (exact) mass is 357 g/mol. The molecule has 2 aromatic heterocycles. The highest BCUT2D eigenvalue weighted by Gasteiger charge is 2.21. The van der Waals surface area contributed by atoms with Gasteiger partial charge in [-0.05, 0) is 65.3 Å². The second-order valence-corrected chi connectivity index (χ2v) is 7.71. The summed E-state index contributed by atoms with van der Waals surface area (Å²) in [6.07, 6.45) is 2.26. The molecule has 0 aromatic carbocycles. The molecule has 0 aliphatic carbocycles. The minimum Gasteiger partial charge on any atom is -0.305 e. The molecule has 0 spiro atoms. The Hall–Kier alpha value is -0.160. The molecule has 0 aliphatic heterocycles. The number of hydrogen-bond acceptors (Lipinski definition) is 3. The van der Waals surface area contributed by atoms with Crippen LogP contribution in [0.1, 0.15) is 46.5 Å². The fraction of sp³-hybridized carbons (Fsp3) is 0.467. The molecule has 4 heteroatoms. The zero-order chi connectivity index (χ0) is 13.8. The van der Waals surface area contributed by atoms with Crippen LogP contribution in [0.15, 0.2) is 22.0 Å². The maximum absolute atomic E-state index is 3.72. The van der Waals surface area contributed by atoms with Crippen molar-refractivity contribution in [3.8, 4) is 0 Å². The van der Waals surface area contributed by atoms with Crippen molar-refractivity contribution in [1.82, 2.24) is 5.32 Å². The number of rotatable bonds is 6. The zero-order valence-electron chi connectivity index (χ0n) is 11.6. The molecule has 2 rings (SSSR count). The van der Waals surface area contributed by atoms with Crippen LogP contribution < -0.4 is 5.32 Å². The van der Waals surface area contributed by atoms with Gasteiger partial charge in [0.15, 0.2) is 0 Å². The Bertz CT molecular complexity index is 530. The Morgan fingerprint density at radius 2 is 2.11 bits per heavy atom. The average molecular weight is 358 g/mol. The van der Waals surface area contributed by atoms with Crippen LogP contribution in [0.4, 0.5) is 0 Å². The highest BCUT2D eigenvalue weighted by atomic mass is 79.9. The van der Waals surface area contributed by atoms with Gasteiger partial charge in [0.2, 0.25) is 0 Å². The standard InChI is InChI=1S/C15H20BrNS2/c1-4-7-17-13(14-11(5-2)6-8-18-14)15-12(16)9-10(3)19-15/h6,8-9,13,17H,4-5,7H2,1-3H3. The summed E-state index contributed by atoms with van der Waals surface area (Å²) in [7, 11) is 0. The van der Waals surface area contributed by atoms with Crippen molar-refractivity contribution in [2.24, 2.45) is 0 Å². The molecule has 2 aromatic rings. The van der Waals surface area contributed by atoms with E-state index in [9.17, 15) is 0 Å². The first-order chi connectivity index (χ1) is 9.17. The lowest BCUT2D eigenvalue weighted by atomic mass is 10.1. The van der Waals surface area contributed by atoms with E-state index in [2.05, 4.69) is 59.5 Å². The first-order valence-corrected chi connectivity index (χ1v) is 9.21. The SMILES string of the molecule is CCCNC(c1sc(C)cc1Br)c1sccc1CC. The van der Waals surface area contributed by atoms with Crippen molar-refractivity contribution in [3.63, 3.8) is 0 Å². The molecule has 2 heterocycles. The van der Waals surface area contributed by atoms with E-state index < -0.39 is 0 Å². The van der Waals surface area contributed by atoms with Gasteiger partial charge in [-0.3, -0.25) is 0 Å². The van der Waals surface area contributed by atoms with Crippen LogP contribution in [-0.2, 0) is 6.42 Å². The summed E-state index contributed by atoms with van der Waals surface area (Å²) in [5, 5.41) is 5.92. The number of halogens is 1. The molecule has 0 radical (unpaired) electrons. The Labute approximate surface area is 132 Å². The summed E-state index contributed by atoms with van der Waals surface area (Å²) in [6, 6.07) is 4.82. The molecule has 0 fully saturated rings. The van der Waals surface area contributed by atoms with E-state index in [0.29, 0.717) is 6.04 Å². The van der Waals surface area contributed by atoms with Crippen LogP contribution in [-0.4, -0.2) is 6.54 Å². The van der Waals surface area contributed by atoms with Crippen LogP contribution in [0.25, 0.3) is 0 Å². The lowest BCUT2D eigenvalue weighted by Gasteiger charge is -2.18. The van der Waals surface area contributed by atoms with Gasteiger partial charge in [0.05, 0.1) is 6.04 Å². The summed E-state index contributed by atoms with van der Waals surface area (Å²) >= 11 is 7.47. The summed E-state index contributed by atoms with van der Waals surface area (Å²) < 4.78 is 1.24. The second-order valence-electron chi connectivity index (χ2n) is 4.62. The Balaban J connectivity index is 2.38. The lowest BCUT2D eigenvalue weighted by Crippen LogP contribution is -2.22. The lowest BCUT2D eigenvalue weighted by molar-refractivity contribution is 0.608. The number of nitrogens with one attached hydrogen (secondary N) is 1. The van der Waals surface area contributed by atoms with E-state index in [1.54, 1.807) is 0 Å². The van der Waals surface area contributed by atoms with Gasteiger partial charge in [-0.15, -0.1) is 22.7 Å². The van der Waals surface area contributed by atoms with E-state index in [0.717, 1.165) is 19.4 Å². The summed E-state index contributed by atoms with van der Waals surface area (Å²) in [5.74, 6) is 0. The highest BCUT2D eigenvalue weighted by Crippen LogP contribution is 2.38. The van der Waals surface area contributed by atoms with E-state index in [-0.39, 0.29) is 0 Å². The largest absolute Gasteiger partial charge is 0.305 e. The zero-order valence-corrected chi connectivity index (χ0v) is 14.8. The third-order valence-electron chi connectivity index (χ3n) is 3.12. The summed E-state index contributed by atoms with van der Waals surface area (Å²) in [5.41, 5.74) is 1.47. The Morgan fingerprint density at radius 1 is 1.32 bits per heavy atom. The van der Waals surface area contributed by atoms with Crippen LogP contribution in [0.2, 0.25) is 0 Å². The Kier molecular flexibility index (Phi) is 5.63. The second kappa shape index (κ2) is 7.02. The van der Waals surface area contributed by atoms with Crippen molar-refractivity contribution in [3.05, 3.63) is 42.2 Å². The van der Waals surface area contributed by atoms with Crippen molar-refractivity contribution in [1.29, 1.82) is 0 Å². The molecular formula is C15H20BrNS2. The number of hydrogen-bond donors (Lipinski definition) is 1. The molecule has 0 amide bonds. The molecule has 1 nitrogen and oxygen atoms in total. The van der Waals surface area contributed by atoms with Crippen molar-refractivity contribution >= 4 is 38.6 Å². The molecule has 0 saturated heterocycles. The van der Waals surface area contributed by atoms with Crippen LogP contribution in [0.5, 0.6) is 0 Å². The molecule has 1 atom stereocenters. The van der Waals surface area contributed by atoms with E-state index in [1.807, 2.05) is 22.7 Å². The first kappa shape index (κ1) is 15.2. The molecular weight excluding hydrogens is 338 g/mol. The Morgan fingerprint density at radius 3 is 2.68 bits per heavy atom. The number of aryl methyl sites for hydroxylation is 2. The first-order valence-electron chi connectivity index (χ1n) is 6.72. The molecule has 0 aliphatic rings. The van der Waals surface area contributed by atoms with Crippen LogP contribution in [0, 0.1) is 6.92 Å². The van der Waals surface area contributed by atoms with Crippen molar-refractivity contribution in [2.45, 2.75) is 39.7 Å². The van der Waals surface area contributed by atoms with E-state index >= 15 is 0 Å². The predicted molar refractivity (Wildman–Crippen MR) is 90.6 cm³/mol. The van der Waals surface area contributed by atoms with E-state index in [1.165, 1.54) is 24.7 Å². The molecule has 1 unspecified atom stereocenters. The quantitative estimate of drug-likeness (QED) is 0.716. The molecule has 0 saturated carbocycles. The fourth-order valence-electron chi connectivity index (χ4n) is 2.18. The van der Waals surface area contributed by atoms with Gasteiger partial charge in [0.25, 0.3) is 0 Å². The van der Waals surface area contributed by atoms with Gasteiger partial charge in [-0.2, -0.15) is 0 Å². The predicted octanol–water partition coefficient (Wildman–Crippen LogP) is 5.53. The highest BCUT2D eigenvalue weighted by molar-refractivity contribution is 9.10. The summed E-state index contributed by atoms with van der Waals surface area (Å²) in [6.45, 7) is 7.67. The van der Waals surface area contributed by atoms with Crippen molar-refractivity contribution in [2.75, 3.05) is 6.54 Å². The van der Waals surface area contributed by atoms with Crippen LogP contribution in [0.3, 0.4) is 0 Å². The topological polar surface area (TPSA) is 12.0 Å². The van der Waals surface area contributed by atoms with E-state index in [4.69, 9.17) is 0 Å². The smallest absolute Gasteiger partial charge is 0.0779 e. The minimum atomic E-state index is 0.336. The third-order valence-corrected chi connectivity index (χ3v) is 6.18. The van der Waals surface area contributed by atoms with Gasteiger partial charge in [0, 0.05) is 19.1 Å². The third kappa shape index (κ3) is 3.48. The number of thiophene rings is 2. The fourth-order valence-corrected chi connectivity index (χ4v) is 5.30. The maximum Gasteiger partial charge on any atom is 0.0779 e. The normalized spacial score (nSPS) is 12.8. The van der Waals surface area contributed by atoms with Gasteiger partial charge in [-0.25, -0.2) is 0 Å². The minimum absolute atomic E-state index is 0.336.